The molecule has 0 atom stereocenters. The van der Waals surface area contributed by atoms with Gasteiger partial charge in [-0.1, -0.05) is 35.9 Å². The first kappa shape index (κ1) is 24.1. The zero-order valence-corrected chi connectivity index (χ0v) is 19.1. The minimum Gasteiger partial charge on any atom is -0.505 e. The smallest absolute Gasteiger partial charge is 0.310 e. The van der Waals surface area contributed by atoms with Gasteiger partial charge in [-0.15, -0.1) is 0 Å². The van der Waals surface area contributed by atoms with Gasteiger partial charge in [0.05, 0.1) is 12.0 Å². The number of amides is 1. The first-order chi connectivity index (χ1) is 15.7. The second kappa shape index (κ2) is 10.4. The van der Waals surface area contributed by atoms with Crippen molar-refractivity contribution in [3.05, 3.63) is 77.1 Å². The van der Waals surface area contributed by atoms with Crippen LogP contribution in [0.1, 0.15) is 29.9 Å². The standard InChI is InChI=1S/C25H25ClN2O5/c1-25(2,24(31)32)15-28-23(30)22-21(29)13-18(14-27-22)17-4-3-5-20(12-17)33-11-10-16-6-8-19(26)9-7-16/h3-9,12-14,29H,10-11,15H2,1-2H3,(H,28,30)(H,31,32). The number of pyridine rings is 1. The number of carbonyl (C=O) groups is 2. The molecule has 0 aliphatic carbocycles. The van der Waals surface area contributed by atoms with Crippen molar-refractivity contribution in [1.82, 2.24) is 10.3 Å². The van der Waals surface area contributed by atoms with Crippen LogP contribution in [0.5, 0.6) is 11.5 Å². The van der Waals surface area contributed by atoms with Crippen LogP contribution in [-0.4, -0.2) is 40.2 Å². The van der Waals surface area contributed by atoms with Gasteiger partial charge in [0.2, 0.25) is 0 Å². The van der Waals surface area contributed by atoms with Gasteiger partial charge in [-0.2, -0.15) is 0 Å². The van der Waals surface area contributed by atoms with Gasteiger partial charge in [-0.25, -0.2) is 4.98 Å². The summed E-state index contributed by atoms with van der Waals surface area (Å²) < 4.78 is 5.85. The van der Waals surface area contributed by atoms with E-state index < -0.39 is 17.3 Å². The predicted octanol–water partition coefficient (Wildman–Crippen LogP) is 4.57. The highest BCUT2D eigenvalue weighted by molar-refractivity contribution is 6.30. The zero-order valence-electron chi connectivity index (χ0n) is 18.3. The second-order valence-electron chi connectivity index (χ2n) is 8.22. The van der Waals surface area contributed by atoms with Crippen LogP contribution in [0.25, 0.3) is 11.1 Å². The Morgan fingerprint density at radius 1 is 1.09 bits per heavy atom. The second-order valence-corrected chi connectivity index (χ2v) is 8.65. The van der Waals surface area contributed by atoms with Crippen LogP contribution < -0.4 is 10.1 Å². The van der Waals surface area contributed by atoms with Crippen molar-refractivity contribution >= 4 is 23.5 Å². The number of aromatic nitrogens is 1. The summed E-state index contributed by atoms with van der Waals surface area (Å²) in [4.78, 5) is 27.6. The monoisotopic (exact) mass is 468 g/mol. The van der Waals surface area contributed by atoms with Crippen LogP contribution >= 0.6 is 11.6 Å². The Morgan fingerprint density at radius 2 is 1.82 bits per heavy atom. The van der Waals surface area contributed by atoms with E-state index in [1.54, 1.807) is 0 Å². The lowest BCUT2D eigenvalue weighted by Gasteiger charge is -2.19. The van der Waals surface area contributed by atoms with Gasteiger partial charge in [-0.3, -0.25) is 9.59 Å². The molecular formula is C25H25ClN2O5. The highest BCUT2D eigenvalue weighted by Crippen LogP contribution is 2.28. The maximum absolute atomic E-state index is 12.3. The number of hydrogen-bond acceptors (Lipinski definition) is 5. The Hall–Kier alpha value is -3.58. The van der Waals surface area contributed by atoms with E-state index in [0.717, 1.165) is 17.5 Å². The molecular weight excluding hydrogens is 444 g/mol. The van der Waals surface area contributed by atoms with Crippen molar-refractivity contribution in [2.45, 2.75) is 20.3 Å². The molecule has 3 N–H and O–H groups in total. The number of rotatable bonds is 9. The van der Waals surface area contributed by atoms with Crippen molar-refractivity contribution < 1.29 is 24.5 Å². The van der Waals surface area contributed by atoms with Gasteiger partial charge >= 0.3 is 5.97 Å². The van der Waals surface area contributed by atoms with E-state index in [0.29, 0.717) is 22.9 Å². The molecule has 172 valence electrons. The molecule has 2 aromatic carbocycles. The average Bonchev–Trinajstić information content (AvgIpc) is 2.79. The summed E-state index contributed by atoms with van der Waals surface area (Å²) in [6.07, 6.45) is 2.20. The molecule has 3 aromatic rings. The third-order valence-electron chi connectivity index (χ3n) is 5.09. The van der Waals surface area contributed by atoms with E-state index in [9.17, 15) is 14.7 Å². The fraction of sp³-hybridized carbons (Fsp3) is 0.240. The van der Waals surface area contributed by atoms with Gasteiger partial charge in [0.25, 0.3) is 5.91 Å². The van der Waals surface area contributed by atoms with Crippen molar-refractivity contribution in [3.63, 3.8) is 0 Å². The molecule has 8 heteroatoms. The Labute approximate surface area is 197 Å². The summed E-state index contributed by atoms with van der Waals surface area (Å²) in [5.74, 6) is -1.32. The summed E-state index contributed by atoms with van der Waals surface area (Å²) in [6, 6.07) is 16.4. The predicted molar refractivity (Wildman–Crippen MR) is 126 cm³/mol. The molecule has 0 aliphatic heterocycles. The number of nitrogens with one attached hydrogen (secondary N) is 1. The minimum absolute atomic E-state index is 0.0978. The molecule has 0 saturated carbocycles. The maximum Gasteiger partial charge on any atom is 0.310 e. The SMILES string of the molecule is CC(C)(CNC(=O)c1ncc(-c2cccc(OCCc3ccc(Cl)cc3)c2)cc1O)C(=O)O. The van der Waals surface area contributed by atoms with Gasteiger partial charge < -0.3 is 20.3 Å². The van der Waals surface area contributed by atoms with Crippen LogP contribution in [0, 0.1) is 5.41 Å². The minimum atomic E-state index is -1.14. The highest BCUT2D eigenvalue weighted by Gasteiger charge is 2.28. The summed E-state index contributed by atoms with van der Waals surface area (Å²) in [6.45, 7) is 3.38. The topological polar surface area (TPSA) is 109 Å². The average molecular weight is 469 g/mol. The Bertz CT molecular complexity index is 1150. The van der Waals surface area contributed by atoms with Crippen LogP contribution in [0.3, 0.4) is 0 Å². The van der Waals surface area contributed by atoms with Crippen molar-refractivity contribution in [1.29, 1.82) is 0 Å². The third kappa shape index (κ3) is 6.46. The number of ether oxygens (including phenoxy) is 1. The van der Waals surface area contributed by atoms with Crippen LogP contribution in [0.15, 0.2) is 60.8 Å². The van der Waals surface area contributed by atoms with Crippen LogP contribution in [0.4, 0.5) is 0 Å². The molecule has 0 fully saturated rings. The first-order valence-corrected chi connectivity index (χ1v) is 10.7. The van der Waals surface area contributed by atoms with E-state index >= 15 is 0 Å². The molecule has 0 aliphatic rings. The number of hydrogen-bond donors (Lipinski definition) is 3. The molecule has 3 rings (SSSR count). The maximum atomic E-state index is 12.3. The number of carboxylic acid groups (broad SMARTS) is 1. The normalized spacial score (nSPS) is 11.1. The number of benzene rings is 2. The fourth-order valence-electron chi connectivity index (χ4n) is 2.95. The lowest BCUT2D eigenvalue weighted by Crippen LogP contribution is -2.39. The molecule has 1 aromatic heterocycles. The van der Waals surface area contributed by atoms with Crippen molar-refractivity contribution in [3.8, 4) is 22.6 Å². The molecule has 33 heavy (non-hydrogen) atoms. The molecule has 1 amide bonds. The molecule has 0 unspecified atom stereocenters. The Kier molecular flexibility index (Phi) is 7.55. The summed E-state index contributed by atoms with van der Waals surface area (Å²) in [7, 11) is 0. The summed E-state index contributed by atoms with van der Waals surface area (Å²) >= 11 is 5.90. The number of aromatic hydroxyl groups is 1. The van der Waals surface area contributed by atoms with E-state index in [2.05, 4.69) is 10.3 Å². The Balaban J connectivity index is 1.65. The Morgan fingerprint density at radius 3 is 2.48 bits per heavy atom. The number of carbonyl (C=O) groups excluding carboxylic acids is 1. The largest absolute Gasteiger partial charge is 0.505 e. The van der Waals surface area contributed by atoms with Crippen molar-refractivity contribution in [2.24, 2.45) is 5.41 Å². The quantitative estimate of drug-likeness (QED) is 0.424. The van der Waals surface area contributed by atoms with E-state index in [-0.39, 0.29) is 18.0 Å². The fourth-order valence-corrected chi connectivity index (χ4v) is 3.08. The number of halogens is 1. The van der Waals surface area contributed by atoms with Gasteiger partial charge in [0.1, 0.15) is 11.5 Å². The lowest BCUT2D eigenvalue weighted by molar-refractivity contribution is -0.146. The molecule has 7 nitrogen and oxygen atoms in total. The van der Waals surface area contributed by atoms with Crippen LogP contribution in [-0.2, 0) is 11.2 Å². The summed E-state index contributed by atoms with van der Waals surface area (Å²) in [5.41, 5.74) is 1.18. The van der Waals surface area contributed by atoms with E-state index in [1.165, 1.54) is 26.1 Å². The molecule has 0 saturated heterocycles. The number of carboxylic acids is 1. The van der Waals surface area contributed by atoms with Gasteiger partial charge in [0.15, 0.2) is 5.69 Å². The molecule has 0 spiro atoms. The molecule has 0 radical (unpaired) electrons. The van der Waals surface area contributed by atoms with E-state index in [4.69, 9.17) is 21.4 Å². The lowest BCUT2D eigenvalue weighted by atomic mass is 9.94. The third-order valence-corrected chi connectivity index (χ3v) is 5.34. The van der Waals surface area contributed by atoms with Gasteiger partial charge in [-0.05, 0) is 55.3 Å². The molecule has 0 bridgehead atoms. The van der Waals surface area contributed by atoms with Crippen molar-refractivity contribution in [2.75, 3.05) is 13.2 Å². The van der Waals surface area contributed by atoms with E-state index in [1.807, 2.05) is 48.5 Å². The zero-order chi connectivity index (χ0) is 24.0. The van der Waals surface area contributed by atoms with Gasteiger partial charge in [0, 0.05) is 29.7 Å². The first-order valence-electron chi connectivity index (χ1n) is 10.3. The highest BCUT2D eigenvalue weighted by atomic mass is 35.5. The molecule has 1 heterocycles. The number of nitrogens with zero attached hydrogens (tertiary/aromatic N) is 1. The van der Waals surface area contributed by atoms with Crippen LogP contribution in [0.2, 0.25) is 5.02 Å². The summed E-state index contributed by atoms with van der Waals surface area (Å²) in [5, 5.41) is 22.7. The number of aliphatic carboxylic acids is 1.